The molecule has 0 saturated carbocycles. The highest BCUT2D eigenvalue weighted by Crippen LogP contribution is 2.39. The van der Waals surface area contributed by atoms with Crippen molar-refractivity contribution in [1.82, 2.24) is 4.90 Å². The van der Waals surface area contributed by atoms with Crippen LogP contribution in [0.3, 0.4) is 0 Å². The van der Waals surface area contributed by atoms with Crippen LogP contribution in [0.25, 0.3) is 0 Å². The molecule has 1 aliphatic rings. The van der Waals surface area contributed by atoms with E-state index in [0.717, 1.165) is 22.3 Å². The van der Waals surface area contributed by atoms with Crippen molar-refractivity contribution >= 4 is 11.8 Å². The molecule has 5 atom stereocenters. The molecule has 8 nitrogen and oxygen atoms in total. The summed E-state index contributed by atoms with van der Waals surface area (Å²) in [7, 11) is 1.98. The second-order valence-corrected chi connectivity index (χ2v) is 10.0. The highest BCUT2D eigenvalue weighted by atomic mass is 16.7. The zero-order chi connectivity index (χ0) is 28.5. The lowest BCUT2D eigenvalue weighted by Gasteiger charge is -2.39. The van der Waals surface area contributed by atoms with Crippen molar-refractivity contribution in [2.24, 2.45) is 0 Å². The summed E-state index contributed by atoms with van der Waals surface area (Å²) < 4.78 is 17.9. The van der Waals surface area contributed by atoms with Gasteiger partial charge < -0.3 is 24.4 Å². The van der Waals surface area contributed by atoms with Crippen molar-refractivity contribution in [3.8, 4) is 0 Å². The Morgan fingerprint density at radius 2 is 1.85 bits per heavy atom. The summed E-state index contributed by atoms with van der Waals surface area (Å²) in [5.41, 5.74) is 3.99. The van der Waals surface area contributed by atoms with Gasteiger partial charge in [0, 0.05) is 30.3 Å². The largest absolute Gasteiger partial charge is 0.445 e. The topological polar surface area (TPSA) is 100 Å². The molecule has 3 aromatic rings. The minimum atomic E-state index is -0.685. The van der Waals surface area contributed by atoms with Crippen molar-refractivity contribution in [2.75, 3.05) is 25.5 Å². The van der Waals surface area contributed by atoms with E-state index >= 15 is 0 Å². The SMILES string of the molecule is C=CCOC(=O)Nc1cccc(C2OC(CN(C)C(C)C(O)c3ccccc3)CC(c3ccc(CO)cc3)O2)c1. The van der Waals surface area contributed by atoms with Gasteiger partial charge in [0.1, 0.15) is 6.61 Å². The van der Waals surface area contributed by atoms with Crippen molar-refractivity contribution < 1.29 is 29.2 Å². The van der Waals surface area contributed by atoms with E-state index in [1.165, 1.54) is 6.08 Å². The molecular weight excluding hydrogens is 508 g/mol. The minimum Gasteiger partial charge on any atom is -0.445 e. The molecule has 1 fully saturated rings. The lowest BCUT2D eigenvalue weighted by atomic mass is 9.98. The third-order valence-electron chi connectivity index (χ3n) is 7.14. The van der Waals surface area contributed by atoms with Crippen LogP contribution in [0.5, 0.6) is 0 Å². The van der Waals surface area contributed by atoms with Gasteiger partial charge in [-0.15, -0.1) is 0 Å². The van der Waals surface area contributed by atoms with Crippen LogP contribution in [0.4, 0.5) is 10.5 Å². The molecule has 0 aromatic heterocycles. The molecule has 40 heavy (non-hydrogen) atoms. The highest BCUT2D eigenvalue weighted by Gasteiger charge is 2.34. The number of rotatable bonds is 11. The minimum absolute atomic E-state index is 0.0262. The Balaban J connectivity index is 1.52. The number of carbonyl (C=O) groups is 1. The molecule has 212 valence electrons. The molecule has 0 bridgehead atoms. The van der Waals surface area contributed by atoms with Gasteiger partial charge in [0.05, 0.1) is 24.9 Å². The van der Waals surface area contributed by atoms with Crippen molar-refractivity contribution in [3.05, 3.63) is 114 Å². The Hall–Kier alpha value is -3.53. The van der Waals surface area contributed by atoms with Crippen LogP contribution in [0.1, 0.15) is 54.1 Å². The first-order valence-electron chi connectivity index (χ1n) is 13.5. The molecule has 4 rings (SSSR count). The zero-order valence-electron chi connectivity index (χ0n) is 23.0. The molecule has 5 unspecified atom stereocenters. The van der Waals surface area contributed by atoms with Crippen molar-refractivity contribution in [2.45, 2.75) is 50.6 Å². The van der Waals surface area contributed by atoms with Crippen LogP contribution in [0.15, 0.2) is 91.5 Å². The fourth-order valence-electron chi connectivity index (χ4n) is 4.74. The van der Waals surface area contributed by atoms with Gasteiger partial charge in [-0.2, -0.15) is 0 Å². The van der Waals surface area contributed by atoms with Gasteiger partial charge >= 0.3 is 6.09 Å². The maximum Gasteiger partial charge on any atom is 0.411 e. The van der Waals surface area contributed by atoms with E-state index in [4.69, 9.17) is 14.2 Å². The summed E-state index contributed by atoms with van der Waals surface area (Å²) in [6.07, 6.45) is -0.250. The number of aliphatic hydroxyl groups is 2. The predicted molar refractivity (Wildman–Crippen MR) is 154 cm³/mol. The molecule has 1 amide bonds. The lowest BCUT2D eigenvalue weighted by molar-refractivity contribution is -0.253. The number of ether oxygens (including phenoxy) is 3. The first kappa shape index (κ1) is 29.5. The molecule has 3 aromatic carbocycles. The number of hydrogen-bond acceptors (Lipinski definition) is 7. The average Bonchev–Trinajstić information content (AvgIpc) is 2.99. The fraction of sp³-hybridized carbons (Fsp3) is 0.344. The number of hydrogen-bond donors (Lipinski definition) is 3. The Morgan fingerprint density at radius 1 is 1.10 bits per heavy atom. The summed E-state index contributed by atoms with van der Waals surface area (Å²) in [6.45, 7) is 6.21. The summed E-state index contributed by atoms with van der Waals surface area (Å²) >= 11 is 0. The van der Waals surface area contributed by atoms with Gasteiger partial charge in [-0.3, -0.25) is 10.2 Å². The third-order valence-corrected chi connectivity index (χ3v) is 7.14. The van der Waals surface area contributed by atoms with Crippen LogP contribution in [0, 0.1) is 0 Å². The number of aliphatic hydroxyl groups excluding tert-OH is 2. The van der Waals surface area contributed by atoms with Crippen molar-refractivity contribution in [1.29, 1.82) is 0 Å². The third kappa shape index (κ3) is 7.78. The first-order chi connectivity index (χ1) is 19.4. The maximum absolute atomic E-state index is 12.1. The molecule has 3 N–H and O–H groups in total. The fourth-order valence-corrected chi connectivity index (χ4v) is 4.74. The number of nitrogens with one attached hydrogen (secondary N) is 1. The molecule has 1 heterocycles. The first-order valence-corrected chi connectivity index (χ1v) is 13.5. The number of likely N-dealkylation sites (N-methyl/N-ethyl adjacent to an activating group) is 1. The second-order valence-electron chi connectivity index (χ2n) is 10.0. The van der Waals surface area contributed by atoms with E-state index in [0.29, 0.717) is 18.7 Å². The van der Waals surface area contributed by atoms with Crippen LogP contribution in [-0.2, 0) is 20.8 Å². The van der Waals surface area contributed by atoms with E-state index in [1.807, 2.05) is 80.7 Å². The van der Waals surface area contributed by atoms with Gasteiger partial charge in [-0.05, 0) is 42.8 Å². The second kappa shape index (κ2) is 14.2. The monoisotopic (exact) mass is 546 g/mol. The summed E-state index contributed by atoms with van der Waals surface area (Å²) in [4.78, 5) is 14.2. The van der Waals surface area contributed by atoms with Crippen LogP contribution in [0.2, 0.25) is 0 Å². The Morgan fingerprint density at radius 3 is 2.55 bits per heavy atom. The zero-order valence-corrected chi connectivity index (χ0v) is 23.0. The molecule has 1 aliphatic heterocycles. The highest BCUT2D eigenvalue weighted by molar-refractivity contribution is 5.84. The van der Waals surface area contributed by atoms with Crippen LogP contribution in [-0.4, -0.2) is 53.6 Å². The molecule has 0 radical (unpaired) electrons. The number of benzene rings is 3. The van der Waals surface area contributed by atoms with E-state index in [2.05, 4.69) is 16.8 Å². The predicted octanol–water partition coefficient (Wildman–Crippen LogP) is 5.51. The quantitative estimate of drug-likeness (QED) is 0.273. The molecule has 1 saturated heterocycles. The van der Waals surface area contributed by atoms with Gasteiger partial charge in [-0.1, -0.05) is 79.4 Å². The Kier molecular flexibility index (Phi) is 10.5. The van der Waals surface area contributed by atoms with Gasteiger partial charge in [0.15, 0.2) is 6.29 Å². The van der Waals surface area contributed by atoms with E-state index in [1.54, 1.807) is 12.1 Å². The maximum atomic E-state index is 12.1. The molecular formula is C32H38N2O6. The molecule has 0 spiro atoms. The lowest BCUT2D eigenvalue weighted by Crippen LogP contribution is -2.43. The molecule has 0 aliphatic carbocycles. The van der Waals surface area contributed by atoms with E-state index in [9.17, 15) is 15.0 Å². The summed E-state index contributed by atoms with van der Waals surface area (Å²) in [5, 5.41) is 23.2. The van der Waals surface area contributed by atoms with Crippen LogP contribution >= 0.6 is 0 Å². The van der Waals surface area contributed by atoms with Gasteiger partial charge in [0.25, 0.3) is 0 Å². The number of anilines is 1. The van der Waals surface area contributed by atoms with Gasteiger partial charge in [-0.25, -0.2) is 4.79 Å². The van der Waals surface area contributed by atoms with Crippen molar-refractivity contribution in [3.63, 3.8) is 0 Å². The number of nitrogens with zero attached hydrogens (tertiary/aromatic N) is 1. The standard InChI is InChI=1S/C32H38N2O6/c1-4-17-38-32(37)33-27-12-8-11-26(18-27)31-39-28(19-29(40-31)24-15-13-23(21-35)14-16-24)20-34(3)22(2)30(36)25-9-6-5-7-10-25/h4-16,18,22,28-31,35-36H,1,17,19-21H2,2-3H3,(H,33,37). The van der Waals surface area contributed by atoms with E-state index in [-0.39, 0.29) is 31.5 Å². The molecule has 8 heteroatoms. The van der Waals surface area contributed by atoms with Crippen LogP contribution < -0.4 is 5.32 Å². The summed E-state index contributed by atoms with van der Waals surface area (Å²) in [6, 6.07) is 24.5. The number of amides is 1. The average molecular weight is 547 g/mol. The number of carbonyl (C=O) groups excluding carboxylic acids is 1. The summed E-state index contributed by atoms with van der Waals surface area (Å²) in [5.74, 6) is 0. The normalized spacial score (nSPS) is 20.5. The van der Waals surface area contributed by atoms with Gasteiger partial charge in [0.2, 0.25) is 0 Å². The Bertz CT molecular complexity index is 1240. The van der Waals surface area contributed by atoms with E-state index < -0.39 is 18.5 Å². The Labute approximate surface area is 235 Å². The smallest absolute Gasteiger partial charge is 0.411 e.